The molecule has 0 aromatic heterocycles. The standard InChI is InChI=1S/C12H16N2O3/c1-8(13)5-11(15)14-7-9-3-2-4-10(6-9)12(16)17/h2-4,6,8H,5,7,13H2,1H3,(H,14,15)(H,16,17). The molecule has 0 spiro atoms. The van der Waals surface area contributed by atoms with Crippen LogP contribution in [-0.2, 0) is 11.3 Å². The van der Waals surface area contributed by atoms with E-state index < -0.39 is 5.97 Å². The van der Waals surface area contributed by atoms with E-state index in [1.54, 1.807) is 19.1 Å². The van der Waals surface area contributed by atoms with Gasteiger partial charge in [0.2, 0.25) is 5.91 Å². The van der Waals surface area contributed by atoms with E-state index in [1.807, 2.05) is 0 Å². The van der Waals surface area contributed by atoms with E-state index in [2.05, 4.69) is 5.32 Å². The number of carbonyl (C=O) groups is 2. The van der Waals surface area contributed by atoms with Crippen molar-refractivity contribution in [1.29, 1.82) is 0 Å². The maximum absolute atomic E-state index is 11.3. The maximum Gasteiger partial charge on any atom is 0.335 e. The van der Waals surface area contributed by atoms with Gasteiger partial charge >= 0.3 is 5.97 Å². The SMILES string of the molecule is CC(N)CC(=O)NCc1cccc(C(=O)O)c1. The van der Waals surface area contributed by atoms with Gasteiger partial charge in [-0.1, -0.05) is 12.1 Å². The third-order valence-electron chi connectivity index (χ3n) is 2.17. The number of hydrogen-bond donors (Lipinski definition) is 3. The fourth-order valence-corrected chi connectivity index (χ4v) is 1.38. The van der Waals surface area contributed by atoms with Crippen molar-refractivity contribution in [2.75, 3.05) is 0 Å². The zero-order chi connectivity index (χ0) is 12.8. The molecular weight excluding hydrogens is 220 g/mol. The van der Waals surface area contributed by atoms with Gasteiger partial charge in [-0.05, 0) is 24.6 Å². The number of aromatic carboxylic acids is 1. The van der Waals surface area contributed by atoms with Crippen LogP contribution in [-0.4, -0.2) is 23.0 Å². The van der Waals surface area contributed by atoms with Crippen molar-refractivity contribution >= 4 is 11.9 Å². The highest BCUT2D eigenvalue weighted by Gasteiger charge is 2.06. The molecule has 0 saturated heterocycles. The number of carbonyl (C=O) groups excluding carboxylic acids is 1. The molecule has 92 valence electrons. The quantitative estimate of drug-likeness (QED) is 0.703. The summed E-state index contributed by atoms with van der Waals surface area (Å²) in [5.41, 5.74) is 6.45. The molecule has 0 aliphatic heterocycles. The number of nitrogens with two attached hydrogens (primary N) is 1. The van der Waals surface area contributed by atoms with E-state index in [0.29, 0.717) is 6.54 Å². The Bertz CT molecular complexity index is 416. The lowest BCUT2D eigenvalue weighted by atomic mass is 10.1. The van der Waals surface area contributed by atoms with E-state index in [-0.39, 0.29) is 23.9 Å². The molecule has 0 fully saturated rings. The van der Waals surface area contributed by atoms with Crippen LogP contribution < -0.4 is 11.1 Å². The van der Waals surface area contributed by atoms with Gasteiger partial charge in [0.25, 0.3) is 0 Å². The highest BCUT2D eigenvalue weighted by molar-refractivity contribution is 5.87. The minimum atomic E-state index is -0.978. The molecule has 4 N–H and O–H groups in total. The van der Waals surface area contributed by atoms with E-state index in [4.69, 9.17) is 10.8 Å². The number of benzene rings is 1. The zero-order valence-electron chi connectivity index (χ0n) is 9.64. The van der Waals surface area contributed by atoms with Crippen molar-refractivity contribution in [3.05, 3.63) is 35.4 Å². The number of amides is 1. The second-order valence-corrected chi connectivity index (χ2v) is 3.96. The van der Waals surface area contributed by atoms with Gasteiger partial charge in [0.05, 0.1) is 5.56 Å². The third-order valence-corrected chi connectivity index (χ3v) is 2.17. The molecule has 1 atom stereocenters. The summed E-state index contributed by atoms with van der Waals surface area (Å²) in [6.07, 6.45) is 0.263. The van der Waals surface area contributed by atoms with Crippen LogP contribution >= 0.6 is 0 Å². The summed E-state index contributed by atoms with van der Waals surface area (Å²) in [6.45, 7) is 2.07. The molecule has 1 amide bonds. The molecule has 0 aliphatic rings. The lowest BCUT2D eigenvalue weighted by Gasteiger charge is -2.07. The largest absolute Gasteiger partial charge is 0.478 e. The first kappa shape index (κ1) is 13.2. The summed E-state index contributed by atoms with van der Waals surface area (Å²) in [5, 5.41) is 11.5. The van der Waals surface area contributed by atoms with Crippen LogP contribution in [0.5, 0.6) is 0 Å². The lowest BCUT2D eigenvalue weighted by Crippen LogP contribution is -2.29. The van der Waals surface area contributed by atoms with Gasteiger partial charge in [0, 0.05) is 19.0 Å². The average Bonchev–Trinajstić information content (AvgIpc) is 2.26. The van der Waals surface area contributed by atoms with Crippen molar-refractivity contribution in [3.63, 3.8) is 0 Å². The fraction of sp³-hybridized carbons (Fsp3) is 0.333. The number of nitrogens with one attached hydrogen (secondary N) is 1. The molecule has 0 saturated carbocycles. The number of carboxylic acid groups (broad SMARTS) is 1. The minimum Gasteiger partial charge on any atom is -0.478 e. The molecular formula is C12H16N2O3. The van der Waals surface area contributed by atoms with Crippen molar-refractivity contribution in [2.24, 2.45) is 5.73 Å². The van der Waals surface area contributed by atoms with Crippen LogP contribution in [0.25, 0.3) is 0 Å². The predicted octanol–water partition coefficient (Wildman–Crippen LogP) is 0.738. The van der Waals surface area contributed by atoms with Crippen LogP contribution in [0.15, 0.2) is 24.3 Å². The Balaban J connectivity index is 2.54. The molecule has 1 aromatic rings. The second-order valence-electron chi connectivity index (χ2n) is 3.96. The van der Waals surface area contributed by atoms with Gasteiger partial charge in [-0.25, -0.2) is 4.79 Å². The van der Waals surface area contributed by atoms with Gasteiger partial charge in [-0.2, -0.15) is 0 Å². The number of carboxylic acids is 1. The molecule has 0 heterocycles. The second kappa shape index (κ2) is 6.00. The van der Waals surface area contributed by atoms with Crippen LogP contribution in [0.1, 0.15) is 29.3 Å². The predicted molar refractivity (Wildman–Crippen MR) is 63.5 cm³/mol. The first-order valence-corrected chi connectivity index (χ1v) is 5.33. The lowest BCUT2D eigenvalue weighted by molar-refractivity contribution is -0.121. The van der Waals surface area contributed by atoms with Gasteiger partial charge in [-0.15, -0.1) is 0 Å². The van der Waals surface area contributed by atoms with Crippen molar-refractivity contribution in [2.45, 2.75) is 25.9 Å². The topological polar surface area (TPSA) is 92.4 Å². The first-order chi connectivity index (χ1) is 7.99. The maximum atomic E-state index is 11.3. The van der Waals surface area contributed by atoms with E-state index in [0.717, 1.165) is 5.56 Å². The van der Waals surface area contributed by atoms with Crippen LogP contribution in [0.4, 0.5) is 0 Å². The Morgan fingerprint density at radius 1 is 1.47 bits per heavy atom. The van der Waals surface area contributed by atoms with E-state index >= 15 is 0 Å². The van der Waals surface area contributed by atoms with Crippen molar-refractivity contribution in [3.8, 4) is 0 Å². The molecule has 5 heteroatoms. The molecule has 5 nitrogen and oxygen atoms in total. The Morgan fingerprint density at radius 2 is 2.18 bits per heavy atom. The van der Waals surface area contributed by atoms with Gasteiger partial charge < -0.3 is 16.2 Å². The first-order valence-electron chi connectivity index (χ1n) is 5.33. The van der Waals surface area contributed by atoms with Crippen LogP contribution in [0, 0.1) is 0 Å². The van der Waals surface area contributed by atoms with Crippen molar-refractivity contribution < 1.29 is 14.7 Å². The smallest absolute Gasteiger partial charge is 0.335 e. The summed E-state index contributed by atoms with van der Waals surface area (Å²) >= 11 is 0. The molecule has 1 rings (SSSR count). The zero-order valence-corrected chi connectivity index (χ0v) is 9.64. The summed E-state index contributed by atoms with van der Waals surface area (Å²) in [5.74, 6) is -1.12. The molecule has 0 aliphatic carbocycles. The van der Waals surface area contributed by atoms with Crippen molar-refractivity contribution in [1.82, 2.24) is 5.32 Å². The Hall–Kier alpha value is -1.88. The Morgan fingerprint density at radius 3 is 2.76 bits per heavy atom. The van der Waals surface area contributed by atoms with E-state index in [1.165, 1.54) is 12.1 Å². The normalized spacial score (nSPS) is 11.9. The average molecular weight is 236 g/mol. The number of rotatable bonds is 5. The van der Waals surface area contributed by atoms with Crippen LogP contribution in [0.2, 0.25) is 0 Å². The molecule has 1 aromatic carbocycles. The van der Waals surface area contributed by atoms with Gasteiger partial charge in [0.15, 0.2) is 0 Å². The Labute approximate surface area is 99.6 Å². The molecule has 0 radical (unpaired) electrons. The monoisotopic (exact) mass is 236 g/mol. The number of hydrogen-bond acceptors (Lipinski definition) is 3. The Kier molecular flexibility index (Phi) is 4.66. The summed E-state index contributed by atoms with van der Waals surface area (Å²) in [6, 6.07) is 6.28. The fourth-order valence-electron chi connectivity index (χ4n) is 1.38. The molecule has 1 unspecified atom stereocenters. The molecule has 17 heavy (non-hydrogen) atoms. The third kappa shape index (κ3) is 4.65. The minimum absolute atomic E-state index is 0.138. The summed E-state index contributed by atoms with van der Waals surface area (Å²) in [7, 11) is 0. The highest BCUT2D eigenvalue weighted by Crippen LogP contribution is 2.05. The summed E-state index contributed by atoms with van der Waals surface area (Å²) in [4.78, 5) is 22.1. The summed E-state index contributed by atoms with van der Waals surface area (Å²) < 4.78 is 0. The van der Waals surface area contributed by atoms with E-state index in [9.17, 15) is 9.59 Å². The molecule has 0 bridgehead atoms. The van der Waals surface area contributed by atoms with Gasteiger partial charge in [-0.3, -0.25) is 4.79 Å². The van der Waals surface area contributed by atoms with Crippen LogP contribution in [0.3, 0.4) is 0 Å². The van der Waals surface area contributed by atoms with Gasteiger partial charge in [0.1, 0.15) is 0 Å². The highest BCUT2D eigenvalue weighted by atomic mass is 16.4.